The van der Waals surface area contributed by atoms with Gasteiger partial charge in [-0.1, -0.05) is 19.4 Å². The van der Waals surface area contributed by atoms with Gasteiger partial charge in [0.1, 0.15) is 5.75 Å². The van der Waals surface area contributed by atoms with Crippen molar-refractivity contribution in [1.82, 2.24) is 5.32 Å². The highest BCUT2D eigenvalue weighted by Gasteiger charge is 2.22. The Kier molecular flexibility index (Phi) is 5.56. The minimum atomic E-state index is -3.67. The van der Waals surface area contributed by atoms with E-state index in [1.54, 1.807) is 19.1 Å². The normalized spacial score (nSPS) is 12.9. The first-order valence-electron chi connectivity index (χ1n) is 6.64. The van der Waals surface area contributed by atoms with Crippen LogP contribution in [0.15, 0.2) is 23.1 Å². The number of anilines is 1. The minimum absolute atomic E-state index is 0.0235. The molecule has 0 aromatic heterocycles. The van der Waals surface area contributed by atoms with Crippen LogP contribution in [0.2, 0.25) is 0 Å². The summed E-state index contributed by atoms with van der Waals surface area (Å²) in [4.78, 5) is 11.9. The van der Waals surface area contributed by atoms with E-state index in [4.69, 9.17) is 5.73 Å². The average molecular weight is 298 g/mol. The standard InChI is InChI=1S/C14H22N2O3S/c1-4-5-11(3)16-14(17)9-20(18,19)13-8-12(15)7-6-10(13)2/h6-8,11H,4-5,9,15H2,1-3H3,(H,16,17). The van der Waals surface area contributed by atoms with Crippen LogP contribution in [-0.4, -0.2) is 26.1 Å². The number of carbonyl (C=O) groups is 1. The van der Waals surface area contributed by atoms with Gasteiger partial charge < -0.3 is 11.1 Å². The molecule has 0 saturated carbocycles. The fraction of sp³-hybridized carbons (Fsp3) is 0.500. The van der Waals surface area contributed by atoms with E-state index in [-0.39, 0.29) is 10.9 Å². The van der Waals surface area contributed by atoms with Crippen molar-refractivity contribution in [3.05, 3.63) is 23.8 Å². The lowest BCUT2D eigenvalue weighted by atomic mass is 10.2. The van der Waals surface area contributed by atoms with Crippen molar-refractivity contribution >= 4 is 21.4 Å². The molecule has 0 bridgehead atoms. The first kappa shape index (κ1) is 16.5. The summed E-state index contributed by atoms with van der Waals surface area (Å²) in [5.41, 5.74) is 6.57. The maximum Gasteiger partial charge on any atom is 0.235 e. The lowest BCUT2D eigenvalue weighted by molar-refractivity contribution is -0.119. The Morgan fingerprint density at radius 2 is 2.05 bits per heavy atom. The second-order valence-corrected chi connectivity index (χ2v) is 7.00. The molecule has 1 aromatic carbocycles. The number of hydrogen-bond acceptors (Lipinski definition) is 4. The maximum absolute atomic E-state index is 12.2. The fourth-order valence-corrected chi connectivity index (χ4v) is 3.48. The third-order valence-corrected chi connectivity index (χ3v) is 4.75. The number of nitrogens with one attached hydrogen (secondary N) is 1. The number of benzene rings is 1. The van der Waals surface area contributed by atoms with E-state index in [0.717, 1.165) is 12.8 Å². The molecule has 20 heavy (non-hydrogen) atoms. The largest absolute Gasteiger partial charge is 0.399 e. The number of sulfone groups is 1. The van der Waals surface area contributed by atoms with Gasteiger partial charge in [0.15, 0.2) is 9.84 Å². The van der Waals surface area contributed by atoms with E-state index in [9.17, 15) is 13.2 Å². The molecule has 6 heteroatoms. The van der Waals surface area contributed by atoms with Crippen molar-refractivity contribution in [3.63, 3.8) is 0 Å². The topological polar surface area (TPSA) is 89.3 Å². The number of amides is 1. The highest BCUT2D eigenvalue weighted by Crippen LogP contribution is 2.19. The molecule has 5 nitrogen and oxygen atoms in total. The van der Waals surface area contributed by atoms with Gasteiger partial charge in [0.05, 0.1) is 4.90 Å². The Morgan fingerprint density at radius 1 is 1.40 bits per heavy atom. The molecule has 0 heterocycles. The van der Waals surface area contributed by atoms with E-state index in [2.05, 4.69) is 5.32 Å². The summed E-state index contributed by atoms with van der Waals surface area (Å²) in [6, 6.07) is 4.65. The zero-order valence-corrected chi connectivity index (χ0v) is 13.0. The van der Waals surface area contributed by atoms with Crippen LogP contribution in [0.25, 0.3) is 0 Å². The minimum Gasteiger partial charge on any atom is -0.399 e. The van der Waals surface area contributed by atoms with Gasteiger partial charge in [-0.25, -0.2) is 8.42 Å². The van der Waals surface area contributed by atoms with Crippen molar-refractivity contribution in [2.45, 2.75) is 44.6 Å². The van der Waals surface area contributed by atoms with Crippen molar-refractivity contribution in [2.75, 3.05) is 11.5 Å². The van der Waals surface area contributed by atoms with Gasteiger partial charge in [-0.05, 0) is 38.0 Å². The summed E-state index contributed by atoms with van der Waals surface area (Å²) in [6.07, 6.45) is 1.76. The van der Waals surface area contributed by atoms with Crippen LogP contribution in [0, 0.1) is 6.92 Å². The third-order valence-electron chi connectivity index (χ3n) is 3.00. The van der Waals surface area contributed by atoms with Gasteiger partial charge >= 0.3 is 0 Å². The van der Waals surface area contributed by atoms with Crippen LogP contribution in [0.4, 0.5) is 5.69 Å². The highest BCUT2D eigenvalue weighted by molar-refractivity contribution is 7.92. The molecular formula is C14H22N2O3S. The molecule has 112 valence electrons. The molecule has 0 fully saturated rings. The Hall–Kier alpha value is -1.56. The summed E-state index contributed by atoms with van der Waals surface area (Å²) in [6.45, 7) is 5.55. The van der Waals surface area contributed by atoms with Crippen LogP contribution in [0.1, 0.15) is 32.3 Å². The predicted molar refractivity (Wildman–Crippen MR) is 80.2 cm³/mol. The molecule has 0 saturated heterocycles. The van der Waals surface area contributed by atoms with Gasteiger partial charge in [-0.3, -0.25) is 4.79 Å². The first-order valence-corrected chi connectivity index (χ1v) is 8.29. The monoisotopic (exact) mass is 298 g/mol. The molecule has 0 aliphatic heterocycles. The molecule has 0 radical (unpaired) electrons. The Bertz CT molecular complexity index is 582. The fourth-order valence-electron chi connectivity index (χ4n) is 2.02. The van der Waals surface area contributed by atoms with E-state index < -0.39 is 21.5 Å². The third kappa shape index (κ3) is 4.52. The Labute approximate surface area is 120 Å². The van der Waals surface area contributed by atoms with Crippen LogP contribution in [0.5, 0.6) is 0 Å². The number of carbonyl (C=O) groups excluding carboxylic acids is 1. The Balaban J connectivity index is 2.85. The van der Waals surface area contributed by atoms with Crippen LogP contribution >= 0.6 is 0 Å². The zero-order chi connectivity index (χ0) is 15.3. The summed E-state index contributed by atoms with van der Waals surface area (Å²) in [5.74, 6) is -1.03. The number of nitrogens with two attached hydrogens (primary N) is 1. The van der Waals surface area contributed by atoms with Crippen molar-refractivity contribution in [3.8, 4) is 0 Å². The summed E-state index contributed by atoms with van der Waals surface area (Å²) in [7, 11) is -3.67. The lowest BCUT2D eigenvalue weighted by Crippen LogP contribution is -2.36. The van der Waals surface area contributed by atoms with Crippen molar-refractivity contribution in [1.29, 1.82) is 0 Å². The van der Waals surface area contributed by atoms with Crippen molar-refractivity contribution < 1.29 is 13.2 Å². The second kappa shape index (κ2) is 6.74. The van der Waals surface area contributed by atoms with E-state index in [1.807, 2.05) is 13.8 Å². The van der Waals surface area contributed by atoms with Gasteiger partial charge in [0.2, 0.25) is 5.91 Å². The quantitative estimate of drug-likeness (QED) is 0.782. The van der Waals surface area contributed by atoms with Crippen LogP contribution in [-0.2, 0) is 14.6 Å². The molecule has 0 aliphatic carbocycles. The van der Waals surface area contributed by atoms with Gasteiger partial charge in [-0.2, -0.15) is 0 Å². The maximum atomic E-state index is 12.2. The highest BCUT2D eigenvalue weighted by atomic mass is 32.2. The predicted octanol–water partition coefficient (Wildman–Crippen LogP) is 1.66. The number of hydrogen-bond donors (Lipinski definition) is 2. The molecule has 1 rings (SSSR count). The molecule has 3 N–H and O–H groups in total. The van der Waals surface area contributed by atoms with Crippen molar-refractivity contribution in [2.24, 2.45) is 0 Å². The lowest BCUT2D eigenvalue weighted by Gasteiger charge is -2.13. The summed E-state index contributed by atoms with van der Waals surface area (Å²) >= 11 is 0. The van der Waals surface area contributed by atoms with Gasteiger partial charge in [0.25, 0.3) is 0 Å². The van der Waals surface area contributed by atoms with Crippen LogP contribution < -0.4 is 11.1 Å². The molecule has 1 unspecified atom stereocenters. The first-order chi connectivity index (χ1) is 9.26. The molecule has 1 atom stereocenters. The Morgan fingerprint density at radius 3 is 2.65 bits per heavy atom. The SMILES string of the molecule is CCCC(C)NC(=O)CS(=O)(=O)c1cc(N)ccc1C. The molecule has 1 amide bonds. The zero-order valence-electron chi connectivity index (χ0n) is 12.1. The molecule has 0 spiro atoms. The van der Waals surface area contributed by atoms with E-state index in [0.29, 0.717) is 11.3 Å². The summed E-state index contributed by atoms with van der Waals surface area (Å²) in [5, 5.41) is 2.69. The van der Waals surface area contributed by atoms with Gasteiger partial charge in [-0.15, -0.1) is 0 Å². The van der Waals surface area contributed by atoms with E-state index in [1.165, 1.54) is 6.07 Å². The average Bonchev–Trinajstić information content (AvgIpc) is 2.31. The van der Waals surface area contributed by atoms with E-state index >= 15 is 0 Å². The number of aryl methyl sites for hydroxylation is 1. The molecule has 1 aromatic rings. The number of rotatable bonds is 6. The van der Waals surface area contributed by atoms with Gasteiger partial charge in [0, 0.05) is 11.7 Å². The second-order valence-electron chi connectivity index (χ2n) is 5.04. The summed E-state index contributed by atoms with van der Waals surface area (Å²) < 4.78 is 24.5. The molecule has 0 aliphatic rings. The molecular weight excluding hydrogens is 276 g/mol. The smallest absolute Gasteiger partial charge is 0.235 e. The number of nitrogen functional groups attached to an aromatic ring is 1. The van der Waals surface area contributed by atoms with Crippen LogP contribution in [0.3, 0.4) is 0 Å².